The number of ether oxygens (including phenoxy) is 1. The molecular weight excluding hydrogens is 395 g/mol. The first kappa shape index (κ1) is 21.4. The lowest BCUT2D eigenvalue weighted by molar-refractivity contribution is 0.0570. The van der Waals surface area contributed by atoms with Crippen LogP contribution in [0.15, 0.2) is 60.0 Å². The van der Waals surface area contributed by atoms with Gasteiger partial charge in [0.25, 0.3) is 0 Å². The van der Waals surface area contributed by atoms with Crippen LogP contribution in [0.2, 0.25) is 0 Å². The molecule has 0 amide bonds. The minimum absolute atomic E-state index is 0.0873. The number of hydrogen-bond acceptors (Lipinski definition) is 5. The molecule has 1 saturated heterocycles. The lowest BCUT2D eigenvalue weighted by Gasteiger charge is -2.34. The molecule has 2 aromatic carbocycles. The van der Waals surface area contributed by atoms with E-state index >= 15 is 0 Å². The molecule has 3 rings (SSSR count). The van der Waals surface area contributed by atoms with E-state index in [0.717, 1.165) is 5.56 Å². The third-order valence-corrected chi connectivity index (χ3v) is 6.21. The molecule has 8 heteroatoms. The maximum absolute atomic E-state index is 12.9. The van der Waals surface area contributed by atoms with E-state index in [4.69, 9.17) is 4.74 Å². The molecule has 1 heterocycles. The van der Waals surface area contributed by atoms with Gasteiger partial charge in [-0.15, -0.1) is 0 Å². The molecule has 1 aliphatic heterocycles. The van der Waals surface area contributed by atoms with Gasteiger partial charge in [0.05, 0.1) is 0 Å². The molecule has 0 spiro atoms. The molecule has 1 atom stereocenters. The van der Waals surface area contributed by atoms with Crippen molar-refractivity contribution in [2.24, 2.45) is 0 Å². The summed E-state index contributed by atoms with van der Waals surface area (Å²) in [6, 6.07) is 14.9. The second kappa shape index (κ2) is 9.98. The van der Waals surface area contributed by atoms with Gasteiger partial charge >= 0.3 is 0 Å². The Morgan fingerprint density at radius 3 is 2.34 bits per heavy atom. The van der Waals surface area contributed by atoms with Crippen LogP contribution in [0.4, 0.5) is 4.39 Å². The molecule has 0 radical (unpaired) electrons. The molecule has 0 aliphatic carbocycles. The van der Waals surface area contributed by atoms with Crippen LogP contribution in [0, 0.1) is 5.82 Å². The smallest absolute Gasteiger partial charge is 0.236 e. The van der Waals surface area contributed by atoms with E-state index < -0.39 is 16.1 Å². The highest BCUT2D eigenvalue weighted by Gasteiger charge is 2.26. The molecule has 1 fully saturated rings. The van der Waals surface area contributed by atoms with Crippen molar-refractivity contribution in [1.82, 2.24) is 9.21 Å². The fraction of sp³-hybridized carbons (Fsp3) is 0.333. The van der Waals surface area contributed by atoms with Crippen LogP contribution in [-0.2, 0) is 10.0 Å². The fourth-order valence-corrected chi connectivity index (χ4v) is 4.23. The van der Waals surface area contributed by atoms with Crippen LogP contribution < -0.4 is 4.74 Å². The molecule has 29 heavy (non-hydrogen) atoms. The van der Waals surface area contributed by atoms with E-state index in [1.165, 1.54) is 34.0 Å². The van der Waals surface area contributed by atoms with Gasteiger partial charge in [-0.05, 0) is 35.9 Å². The zero-order valence-corrected chi connectivity index (χ0v) is 16.8. The van der Waals surface area contributed by atoms with Crippen molar-refractivity contribution in [3.05, 3.63) is 71.4 Å². The highest BCUT2D eigenvalue weighted by Crippen LogP contribution is 2.13. The highest BCUT2D eigenvalue weighted by molar-refractivity contribution is 7.92. The fourth-order valence-electron chi connectivity index (χ4n) is 3.06. The van der Waals surface area contributed by atoms with Crippen molar-refractivity contribution in [3.63, 3.8) is 0 Å². The molecule has 0 saturated carbocycles. The Bertz CT molecular complexity index is 896. The van der Waals surface area contributed by atoms with Crippen molar-refractivity contribution < 1.29 is 22.7 Å². The quantitative estimate of drug-likeness (QED) is 0.709. The van der Waals surface area contributed by atoms with Crippen molar-refractivity contribution in [2.45, 2.75) is 6.10 Å². The number of hydrogen-bond donors (Lipinski definition) is 1. The number of aliphatic hydroxyl groups is 1. The van der Waals surface area contributed by atoms with Crippen molar-refractivity contribution in [1.29, 1.82) is 0 Å². The Hall–Kier alpha value is -2.26. The Kier molecular flexibility index (Phi) is 7.38. The molecule has 6 nitrogen and oxygen atoms in total. The van der Waals surface area contributed by atoms with Gasteiger partial charge < -0.3 is 9.84 Å². The Labute approximate surface area is 170 Å². The van der Waals surface area contributed by atoms with Crippen molar-refractivity contribution in [2.75, 3.05) is 39.3 Å². The minimum atomic E-state index is -3.47. The second-order valence-electron chi connectivity index (χ2n) is 6.88. The van der Waals surface area contributed by atoms with Gasteiger partial charge in [0, 0.05) is 38.1 Å². The number of halogens is 1. The van der Waals surface area contributed by atoms with E-state index in [1.54, 1.807) is 6.08 Å². The molecular formula is C21H25FN2O4S. The lowest BCUT2D eigenvalue weighted by Crippen LogP contribution is -2.50. The van der Waals surface area contributed by atoms with E-state index in [9.17, 15) is 17.9 Å². The summed E-state index contributed by atoms with van der Waals surface area (Å²) >= 11 is 0. The normalized spacial score (nSPS) is 17.4. The zero-order valence-electron chi connectivity index (χ0n) is 16.0. The molecule has 1 unspecified atom stereocenters. The van der Waals surface area contributed by atoms with Gasteiger partial charge in [-0.25, -0.2) is 12.8 Å². The van der Waals surface area contributed by atoms with Crippen LogP contribution in [0.25, 0.3) is 6.08 Å². The average Bonchev–Trinajstić information content (AvgIpc) is 2.73. The van der Waals surface area contributed by atoms with E-state index in [1.807, 2.05) is 35.2 Å². The topological polar surface area (TPSA) is 70.1 Å². The third kappa shape index (κ3) is 6.64. The van der Waals surface area contributed by atoms with Crippen LogP contribution in [-0.4, -0.2) is 68.2 Å². The minimum Gasteiger partial charge on any atom is -0.491 e. The number of rotatable bonds is 8. The second-order valence-corrected chi connectivity index (χ2v) is 8.70. The maximum Gasteiger partial charge on any atom is 0.236 e. The number of nitrogens with zero attached hydrogens (tertiary/aromatic N) is 2. The molecule has 1 N–H and O–H groups in total. The predicted molar refractivity (Wildman–Crippen MR) is 110 cm³/mol. The van der Waals surface area contributed by atoms with Gasteiger partial charge in [-0.1, -0.05) is 30.3 Å². The molecule has 0 bridgehead atoms. The molecule has 1 aliphatic rings. The Balaban J connectivity index is 1.43. The average molecular weight is 421 g/mol. The SMILES string of the molecule is O=S(=O)(/C=C/c1ccccc1)N1CCN(CC(O)COc2ccc(F)cc2)CC1. The number of benzene rings is 2. The largest absolute Gasteiger partial charge is 0.491 e. The molecule has 2 aromatic rings. The summed E-state index contributed by atoms with van der Waals surface area (Å²) in [4.78, 5) is 2.01. The Morgan fingerprint density at radius 1 is 1.03 bits per heavy atom. The summed E-state index contributed by atoms with van der Waals surface area (Å²) in [7, 11) is -3.47. The van der Waals surface area contributed by atoms with Crippen LogP contribution in [0.3, 0.4) is 0 Å². The van der Waals surface area contributed by atoms with Crippen molar-refractivity contribution >= 4 is 16.1 Å². The van der Waals surface area contributed by atoms with Gasteiger partial charge in [0.15, 0.2) is 0 Å². The van der Waals surface area contributed by atoms with Gasteiger partial charge in [0.1, 0.15) is 24.3 Å². The number of β-amino-alcohol motifs (C(OH)–C–C–N with tert-alkyl or cyclic N) is 1. The Morgan fingerprint density at radius 2 is 1.69 bits per heavy atom. The number of piperazine rings is 1. The van der Waals surface area contributed by atoms with E-state index in [0.29, 0.717) is 38.5 Å². The summed E-state index contributed by atoms with van der Waals surface area (Å²) in [5.41, 5.74) is 0.832. The van der Waals surface area contributed by atoms with Crippen LogP contribution in [0.5, 0.6) is 5.75 Å². The highest BCUT2D eigenvalue weighted by atomic mass is 32.2. The molecule has 156 valence electrons. The first-order chi connectivity index (χ1) is 13.9. The third-order valence-electron chi connectivity index (χ3n) is 4.65. The van der Waals surface area contributed by atoms with E-state index in [-0.39, 0.29) is 12.4 Å². The summed E-state index contributed by atoms with van der Waals surface area (Å²) in [5, 5.41) is 11.4. The van der Waals surface area contributed by atoms with Gasteiger partial charge in [-0.3, -0.25) is 4.90 Å². The first-order valence-electron chi connectivity index (χ1n) is 9.44. The predicted octanol–water partition coefficient (Wildman–Crippen LogP) is 2.18. The van der Waals surface area contributed by atoms with Crippen LogP contribution in [0.1, 0.15) is 5.56 Å². The molecule has 0 aromatic heterocycles. The summed E-state index contributed by atoms with van der Waals surface area (Å²) < 4.78 is 44.8. The number of sulfonamides is 1. The van der Waals surface area contributed by atoms with Gasteiger partial charge in [0.2, 0.25) is 10.0 Å². The summed E-state index contributed by atoms with van der Waals surface area (Å²) in [6.45, 7) is 2.27. The van der Waals surface area contributed by atoms with Crippen molar-refractivity contribution in [3.8, 4) is 5.75 Å². The van der Waals surface area contributed by atoms with Gasteiger partial charge in [-0.2, -0.15) is 4.31 Å². The summed E-state index contributed by atoms with van der Waals surface area (Å²) in [5.74, 6) is 0.149. The zero-order chi connectivity index (χ0) is 20.7. The summed E-state index contributed by atoms with van der Waals surface area (Å²) in [6.07, 6.45) is 0.874. The van der Waals surface area contributed by atoms with Crippen LogP contribution >= 0.6 is 0 Å². The monoisotopic (exact) mass is 420 g/mol. The lowest BCUT2D eigenvalue weighted by atomic mass is 10.2. The van der Waals surface area contributed by atoms with E-state index in [2.05, 4.69) is 0 Å². The maximum atomic E-state index is 12.9. The first-order valence-corrected chi connectivity index (χ1v) is 10.9. The standard InChI is InChI=1S/C21H25FN2O4S/c22-19-6-8-21(9-7-19)28-17-20(25)16-23-11-13-24(14-12-23)29(26,27)15-10-18-4-2-1-3-5-18/h1-10,15,20,25H,11-14,16-17H2/b15-10+. The number of aliphatic hydroxyl groups excluding tert-OH is 1.